The third kappa shape index (κ3) is 2.81. The molecule has 0 bridgehead atoms. The van der Waals surface area contributed by atoms with Gasteiger partial charge in [0.15, 0.2) is 11.6 Å². The molecule has 0 amide bonds. The van der Waals surface area contributed by atoms with E-state index in [-0.39, 0.29) is 17.5 Å². The quantitative estimate of drug-likeness (QED) is 0.632. The third-order valence-corrected chi connectivity index (χ3v) is 3.30. The highest BCUT2D eigenvalue weighted by atomic mass is 35.5. The topological polar surface area (TPSA) is 22.1 Å². The van der Waals surface area contributed by atoms with Crippen LogP contribution in [0.3, 0.4) is 0 Å². The zero-order valence-corrected chi connectivity index (χ0v) is 11.6. The van der Waals surface area contributed by atoms with Gasteiger partial charge in [0.2, 0.25) is 5.88 Å². The standard InChI is InChI=1S/C16H10ClF2NO/c17-9-11-7-10-3-1-2-4-15(10)20-16(11)21-12-5-6-13(18)14(19)8-12/h1-8H,9H2. The summed E-state index contributed by atoms with van der Waals surface area (Å²) >= 11 is 5.90. The number of nitrogens with zero attached hydrogens (tertiary/aromatic N) is 1. The van der Waals surface area contributed by atoms with Crippen molar-refractivity contribution in [1.29, 1.82) is 0 Å². The van der Waals surface area contributed by atoms with Crippen LogP contribution < -0.4 is 4.74 Å². The Morgan fingerprint density at radius 2 is 1.81 bits per heavy atom. The van der Waals surface area contributed by atoms with Gasteiger partial charge in [-0.05, 0) is 24.3 Å². The van der Waals surface area contributed by atoms with Gasteiger partial charge in [-0.3, -0.25) is 0 Å². The van der Waals surface area contributed by atoms with Crippen LogP contribution in [0.1, 0.15) is 5.56 Å². The van der Waals surface area contributed by atoms with E-state index >= 15 is 0 Å². The Labute approximate surface area is 125 Å². The fourth-order valence-corrected chi connectivity index (χ4v) is 2.17. The van der Waals surface area contributed by atoms with Gasteiger partial charge in [-0.15, -0.1) is 11.6 Å². The van der Waals surface area contributed by atoms with Crippen molar-refractivity contribution in [1.82, 2.24) is 4.98 Å². The summed E-state index contributed by atoms with van der Waals surface area (Å²) in [5.74, 6) is -1.23. The zero-order valence-electron chi connectivity index (χ0n) is 10.8. The maximum Gasteiger partial charge on any atom is 0.224 e. The van der Waals surface area contributed by atoms with Crippen LogP contribution in [0.2, 0.25) is 0 Å². The lowest BCUT2D eigenvalue weighted by atomic mass is 10.1. The normalized spacial score (nSPS) is 10.8. The van der Waals surface area contributed by atoms with Crippen molar-refractivity contribution >= 4 is 22.5 Å². The highest BCUT2D eigenvalue weighted by Gasteiger charge is 2.10. The summed E-state index contributed by atoms with van der Waals surface area (Å²) in [4.78, 5) is 4.37. The van der Waals surface area contributed by atoms with E-state index in [1.807, 2.05) is 30.3 Å². The second-order valence-electron chi connectivity index (χ2n) is 4.46. The zero-order chi connectivity index (χ0) is 14.8. The number of pyridine rings is 1. The number of rotatable bonds is 3. The Morgan fingerprint density at radius 3 is 2.57 bits per heavy atom. The van der Waals surface area contributed by atoms with Crippen molar-refractivity contribution in [2.24, 2.45) is 0 Å². The highest BCUT2D eigenvalue weighted by Crippen LogP contribution is 2.28. The lowest BCUT2D eigenvalue weighted by Gasteiger charge is -2.10. The van der Waals surface area contributed by atoms with Crippen LogP contribution in [0.5, 0.6) is 11.6 Å². The fraction of sp³-hybridized carbons (Fsp3) is 0.0625. The molecule has 1 heterocycles. The maximum absolute atomic E-state index is 13.2. The molecule has 0 saturated carbocycles. The highest BCUT2D eigenvalue weighted by molar-refractivity contribution is 6.17. The van der Waals surface area contributed by atoms with Crippen LogP contribution in [0.15, 0.2) is 48.5 Å². The summed E-state index contributed by atoms with van der Waals surface area (Å²) in [5, 5.41) is 0.936. The first-order valence-electron chi connectivity index (χ1n) is 6.25. The van der Waals surface area contributed by atoms with Gasteiger partial charge in [0.25, 0.3) is 0 Å². The van der Waals surface area contributed by atoms with Crippen LogP contribution in [-0.2, 0) is 5.88 Å². The number of benzene rings is 2. The number of ether oxygens (including phenoxy) is 1. The first-order valence-corrected chi connectivity index (χ1v) is 6.78. The molecule has 0 aliphatic heterocycles. The molecule has 3 rings (SSSR count). The molecule has 5 heteroatoms. The van der Waals surface area contributed by atoms with E-state index in [2.05, 4.69) is 4.98 Å². The Balaban J connectivity index is 2.04. The van der Waals surface area contributed by atoms with Crippen LogP contribution in [0.25, 0.3) is 10.9 Å². The Morgan fingerprint density at radius 1 is 1.00 bits per heavy atom. The van der Waals surface area contributed by atoms with Crippen LogP contribution >= 0.6 is 11.6 Å². The molecular formula is C16H10ClF2NO. The third-order valence-electron chi connectivity index (χ3n) is 3.01. The molecule has 0 radical (unpaired) electrons. The second-order valence-corrected chi connectivity index (χ2v) is 4.72. The van der Waals surface area contributed by atoms with Crippen molar-refractivity contribution in [2.75, 3.05) is 0 Å². The second kappa shape index (κ2) is 5.66. The summed E-state index contributed by atoms with van der Waals surface area (Å²) in [7, 11) is 0. The lowest BCUT2D eigenvalue weighted by Crippen LogP contribution is -1.95. The van der Waals surface area contributed by atoms with E-state index in [1.165, 1.54) is 6.07 Å². The Kier molecular flexibility index (Phi) is 3.71. The molecule has 1 aromatic heterocycles. The van der Waals surface area contributed by atoms with Gasteiger partial charge >= 0.3 is 0 Å². The summed E-state index contributed by atoms with van der Waals surface area (Å²) in [6.45, 7) is 0. The van der Waals surface area contributed by atoms with Gasteiger partial charge in [-0.1, -0.05) is 18.2 Å². The van der Waals surface area contributed by atoms with Gasteiger partial charge in [0, 0.05) is 17.0 Å². The maximum atomic E-state index is 13.2. The predicted molar refractivity (Wildman–Crippen MR) is 77.7 cm³/mol. The fourth-order valence-electron chi connectivity index (χ4n) is 1.98. The molecule has 106 valence electrons. The van der Waals surface area contributed by atoms with Gasteiger partial charge in [0.1, 0.15) is 5.75 Å². The largest absolute Gasteiger partial charge is 0.439 e. The van der Waals surface area contributed by atoms with Crippen molar-refractivity contribution in [3.63, 3.8) is 0 Å². The number of fused-ring (bicyclic) bond motifs is 1. The molecule has 2 nitrogen and oxygen atoms in total. The first kappa shape index (κ1) is 13.8. The predicted octanol–water partition coefficient (Wildman–Crippen LogP) is 5.04. The molecule has 21 heavy (non-hydrogen) atoms. The number of aromatic nitrogens is 1. The van der Waals surface area contributed by atoms with Crippen molar-refractivity contribution in [3.05, 3.63) is 65.7 Å². The molecule has 0 atom stereocenters. The van der Waals surface area contributed by atoms with E-state index in [4.69, 9.17) is 16.3 Å². The molecule has 0 saturated heterocycles. The minimum atomic E-state index is -0.972. The number of alkyl halides is 1. The number of halogens is 3. The van der Waals surface area contributed by atoms with E-state index in [0.717, 1.165) is 23.0 Å². The molecule has 0 fully saturated rings. The minimum Gasteiger partial charge on any atom is -0.439 e. The molecule has 0 aliphatic carbocycles. The van der Waals surface area contributed by atoms with Crippen LogP contribution in [0.4, 0.5) is 8.78 Å². The lowest BCUT2D eigenvalue weighted by molar-refractivity contribution is 0.446. The summed E-state index contributed by atoms with van der Waals surface area (Å²) in [5.41, 5.74) is 1.42. The van der Waals surface area contributed by atoms with Gasteiger partial charge < -0.3 is 4.74 Å². The van der Waals surface area contributed by atoms with Crippen molar-refractivity contribution in [3.8, 4) is 11.6 Å². The SMILES string of the molecule is Fc1ccc(Oc2nc3ccccc3cc2CCl)cc1F. The molecular weight excluding hydrogens is 296 g/mol. The number of para-hydroxylation sites is 1. The Hall–Kier alpha value is -2.20. The minimum absolute atomic E-state index is 0.169. The average Bonchev–Trinajstić information content (AvgIpc) is 2.50. The molecule has 2 aromatic carbocycles. The number of hydrogen-bond donors (Lipinski definition) is 0. The van der Waals surface area contributed by atoms with E-state index < -0.39 is 11.6 Å². The summed E-state index contributed by atoms with van der Waals surface area (Å²) < 4.78 is 31.7. The van der Waals surface area contributed by atoms with Crippen LogP contribution in [0, 0.1) is 11.6 Å². The molecule has 0 N–H and O–H groups in total. The van der Waals surface area contributed by atoms with Crippen LogP contribution in [-0.4, -0.2) is 4.98 Å². The number of hydrogen-bond acceptors (Lipinski definition) is 2. The van der Waals surface area contributed by atoms with Crippen molar-refractivity contribution < 1.29 is 13.5 Å². The van der Waals surface area contributed by atoms with Gasteiger partial charge in [-0.25, -0.2) is 13.8 Å². The molecule has 0 aliphatic rings. The summed E-state index contributed by atoms with van der Waals surface area (Å²) in [6.07, 6.45) is 0. The van der Waals surface area contributed by atoms with Gasteiger partial charge in [0.05, 0.1) is 11.4 Å². The monoisotopic (exact) mass is 305 g/mol. The average molecular weight is 306 g/mol. The molecule has 3 aromatic rings. The first-order chi connectivity index (χ1) is 10.2. The molecule has 0 unspecified atom stereocenters. The van der Waals surface area contributed by atoms with E-state index in [9.17, 15) is 8.78 Å². The summed E-state index contributed by atoms with van der Waals surface area (Å²) in [6, 6.07) is 12.7. The van der Waals surface area contributed by atoms with E-state index in [1.54, 1.807) is 0 Å². The smallest absolute Gasteiger partial charge is 0.224 e. The van der Waals surface area contributed by atoms with Crippen molar-refractivity contribution in [2.45, 2.75) is 5.88 Å². The molecule has 0 spiro atoms. The van der Waals surface area contributed by atoms with E-state index in [0.29, 0.717) is 5.56 Å². The van der Waals surface area contributed by atoms with Gasteiger partial charge in [-0.2, -0.15) is 0 Å². The Bertz CT molecular complexity index is 807.